The van der Waals surface area contributed by atoms with E-state index in [4.69, 9.17) is 9.47 Å². The highest BCUT2D eigenvalue weighted by Gasteiger charge is 2.46. The average Bonchev–Trinajstić information content (AvgIpc) is 3.34. The molecular formula is C20H22N4O4. The van der Waals surface area contributed by atoms with Crippen molar-refractivity contribution in [2.75, 3.05) is 24.6 Å². The Morgan fingerprint density at radius 1 is 1.07 bits per heavy atom. The molecule has 146 valence electrons. The molecule has 0 N–H and O–H groups in total. The Balaban J connectivity index is 1.33. The maximum Gasteiger partial charge on any atom is 0.410 e. The van der Waals surface area contributed by atoms with Gasteiger partial charge in [0.25, 0.3) is 0 Å². The van der Waals surface area contributed by atoms with Gasteiger partial charge in [-0.15, -0.1) is 0 Å². The highest BCUT2D eigenvalue weighted by Crippen LogP contribution is 2.33. The number of likely N-dealkylation sites (tertiary alicyclic amines) is 1. The van der Waals surface area contributed by atoms with Crippen molar-refractivity contribution in [2.24, 2.45) is 0 Å². The first-order valence-corrected chi connectivity index (χ1v) is 9.39. The maximum atomic E-state index is 12.4. The predicted octanol–water partition coefficient (Wildman–Crippen LogP) is 2.25. The Morgan fingerprint density at radius 2 is 1.82 bits per heavy atom. The molecule has 2 atom stereocenters. The molecule has 2 saturated heterocycles. The zero-order valence-corrected chi connectivity index (χ0v) is 15.7. The minimum absolute atomic E-state index is 0.0848. The van der Waals surface area contributed by atoms with Gasteiger partial charge in [-0.3, -0.25) is 0 Å². The monoisotopic (exact) mass is 382 g/mol. The van der Waals surface area contributed by atoms with E-state index in [0.717, 1.165) is 12.0 Å². The summed E-state index contributed by atoms with van der Waals surface area (Å²) in [5, 5.41) is 0. The van der Waals surface area contributed by atoms with Gasteiger partial charge in [-0.1, -0.05) is 30.3 Å². The maximum absolute atomic E-state index is 12.4. The molecule has 2 aliphatic rings. The minimum atomic E-state index is -0.427. The van der Waals surface area contributed by atoms with E-state index < -0.39 is 5.97 Å². The third kappa shape index (κ3) is 3.62. The number of piperazine rings is 1. The van der Waals surface area contributed by atoms with Gasteiger partial charge in [-0.2, -0.15) is 0 Å². The molecule has 3 heterocycles. The topological polar surface area (TPSA) is 84.9 Å². The molecule has 0 aliphatic carbocycles. The van der Waals surface area contributed by atoms with Crippen LogP contribution in [0.25, 0.3) is 0 Å². The molecule has 2 unspecified atom stereocenters. The van der Waals surface area contributed by atoms with E-state index in [0.29, 0.717) is 31.2 Å². The second-order valence-electron chi connectivity index (χ2n) is 6.88. The number of ether oxygens (including phenoxy) is 2. The van der Waals surface area contributed by atoms with E-state index in [9.17, 15) is 9.59 Å². The van der Waals surface area contributed by atoms with Gasteiger partial charge in [0.05, 0.1) is 24.3 Å². The van der Waals surface area contributed by atoms with Crippen molar-refractivity contribution in [1.29, 1.82) is 0 Å². The lowest BCUT2D eigenvalue weighted by molar-refractivity contribution is 0.0525. The van der Waals surface area contributed by atoms with Gasteiger partial charge in [0, 0.05) is 25.5 Å². The summed E-state index contributed by atoms with van der Waals surface area (Å²) in [7, 11) is 0. The molecule has 8 nitrogen and oxygen atoms in total. The van der Waals surface area contributed by atoms with Crippen LogP contribution in [0.1, 0.15) is 29.3 Å². The fraction of sp³-hybridized carbons (Fsp3) is 0.400. The van der Waals surface area contributed by atoms with Crippen LogP contribution in [0.3, 0.4) is 0 Å². The van der Waals surface area contributed by atoms with E-state index in [1.54, 1.807) is 11.8 Å². The largest absolute Gasteiger partial charge is 0.462 e. The second-order valence-corrected chi connectivity index (χ2v) is 6.88. The number of esters is 1. The zero-order chi connectivity index (χ0) is 19.5. The lowest BCUT2D eigenvalue weighted by atomic mass is 10.2. The quantitative estimate of drug-likeness (QED) is 0.733. The summed E-state index contributed by atoms with van der Waals surface area (Å²) in [6, 6.07) is 9.88. The van der Waals surface area contributed by atoms with Crippen LogP contribution in [-0.4, -0.2) is 58.7 Å². The normalized spacial score (nSPS) is 20.3. The van der Waals surface area contributed by atoms with Crippen LogP contribution < -0.4 is 4.90 Å². The molecule has 1 amide bonds. The van der Waals surface area contributed by atoms with Crippen LogP contribution in [0, 0.1) is 0 Å². The number of aromatic nitrogens is 2. The Kier molecular flexibility index (Phi) is 5.10. The third-order valence-electron chi connectivity index (χ3n) is 5.09. The summed E-state index contributed by atoms with van der Waals surface area (Å²) in [6.45, 7) is 3.58. The molecule has 0 radical (unpaired) electrons. The molecule has 1 aromatic carbocycles. The highest BCUT2D eigenvalue weighted by atomic mass is 16.6. The van der Waals surface area contributed by atoms with Crippen molar-refractivity contribution in [2.45, 2.75) is 32.0 Å². The van der Waals surface area contributed by atoms with Crippen LogP contribution in [-0.2, 0) is 16.1 Å². The molecule has 8 heteroatoms. The Morgan fingerprint density at radius 3 is 2.46 bits per heavy atom. The van der Waals surface area contributed by atoms with Crippen molar-refractivity contribution in [3.63, 3.8) is 0 Å². The first-order valence-electron chi connectivity index (χ1n) is 9.39. The van der Waals surface area contributed by atoms with E-state index in [1.165, 1.54) is 12.4 Å². The summed E-state index contributed by atoms with van der Waals surface area (Å²) in [4.78, 5) is 36.6. The SMILES string of the molecule is CCOC(=O)c1cnc(N2CC3CC2CN3C(=O)OCc2ccccc2)nc1. The first-order chi connectivity index (χ1) is 13.7. The number of benzene rings is 1. The van der Waals surface area contributed by atoms with Gasteiger partial charge in [0.15, 0.2) is 0 Å². The van der Waals surface area contributed by atoms with Crippen molar-refractivity contribution >= 4 is 18.0 Å². The highest BCUT2D eigenvalue weighted by molar-refractivity contribution is 5.88. The number of hydrogen-bond donors (Lipinski definition) is 0. The van der Waals surface area contributed by atoms with Gasteiger partial charge in [-0.05, 0) is 18.9 Å². The molecule has 0 spiro atoms. The van der Waals surface area contributed by atoms with E-state index in [-0.39, 0.29) is 24.8 Å². The number of amides is 1. The smallest absolute Gasteiger partial charge is 0.410 e. The lowest BCUT2D eigenvalue weighted by Crippen LogP contribution is -2.49. The molecule has 2 aromatic rings. The van der Waals surface area contributed by atoms with Gasteiger partial charge in [0.2, 0.25) is 5.95 Å². The van der Waals surface area contributed by atoms with Gasteiger partial charge >= 0.3 is 12.1 Å². The van der Waals surface area contributed by atoms with Gasteiger partial charge < -0.3 is 19.3 Å². The zero-order valence-electron chi connectivity index (χ0n) is 15.7. The van der Waals surface area contributed by atoms with Crippen molar-refractivity contribution in [3.05, 3.63) is 53.9 Å². The molecule has 28 heavy (non-hydrogen) atoms. The number of rotatable bonds is 5. The number of hydrogen-bond acceptors (Lipinski definition) is 7. The molecule has 0 saturated carbocycles. The molecule has 2 bridgehead atoms. The second kappa shape index (κ2) is 7.84. The third-order valence-corrected chi connectivity index (χ3v) is 5.09. The van der Waals surface area contributed by atoms with Crippen molar-refractivity contribution < 1.29 is 19.1 Å². The van der Waals surface area contributed by atoms with Crippen molar-refractivity contribution in [3.8, 4) is 0 Å². The standard InChI is InChI=1S/C20H22N4O4/c1-2-27-18(25)15-9-21-19(22-10-15)23-11-17-8-16(23)12-24(17)20(26)28-13-14-6-4-3-5-7-14/h3-7,9-10,16-17H,2,8,11-13H2,1H3. The lowest BCUT2D eigenvalue weighted by Gasteiger charge is -2.33. The fourth-order valence-corrected chi connectivity index (χ4v) is 3.73. The Bertz CT molecular complexity index is 843. The van der Waals surface area contributed by atoms with Gasteiger partial charge in [0.1, 0.15) is 6.61 Å². The van der Waals surface area contributed by atoms with E-state index in [2.05, 4.69) is 14.9 Å². The molecule has 2 aliphatic heterocycles. The number of anilines is 1. The molecular weight excluding hydrogens is 360 g/mol. The Labute approximate surface area is 163 Å². The summed E-state index contributed by atoms with van der Waals surface area (Å²) >= 11 is 0. The van der Waals surface area contributed by atoms with Crippen LogP contribution in [0.5, 0.6) is 0 Å². The molecule has 4 rings (SSSR count). The summed E-state index contributed by atoms with van der Waals surface area (Å²) < 4.78 is 10.4. The summed E-state index contributed by atoms with van der Waals surface area (Å²) in [5.74, 6) is 0.141. The predicted molar refractivity (Wildman–Crippen MR) is 101 cm³/mol. The number of nitrogens with zero attached hydrogens (tertiary/aromatic N) is 4. The van der Waals surface area contributed by atoms with Crippen LogP contribution in [0.2, 0.25) is 0 Å². The van der Waals surface area contributed by atoms with Gasteiger partial charge in [-0.25, -0.2) is 19.6 Å². The minimum Gasteiger partial charge on any atom is -0.462 e. The number of carbonyl (C=O) groups excluding carboxylic acids is 2. The summed E-state index contributed by atoms with van der Waals surface area (Å²) in [5.41, 5.74) is 1.30. The number of fused-ring (bicyclic) bond motifs is 2. The van der Waals surface area contributed by atoms with Crippen LogP contribution in [0.15, 0.2) is 42.7 Å². The van der Waals surface area contributed by atoms with Crippen LogP contribution in [0.4, 0.5) is 10.7 Å². The van der Waals surface area contributed by atoms with E-state index in [1.807, 2.05) is 30.3 Å². The van der Waals surface area contributed by atoms with Crippen LogP contribution >= 0.6 is 0 Å². The summed E-state index contributed by atoms with van der Waals surface area (Å²) in [6.07, 6.45) is 3.55. The molecule has 2 fully saturated rings. The Hall–Kier alpha value is -3.16. The fourth-order valence-electron chi connectivity index (χ4n) is 3.73. The van der Waals surface area contributed by atoms with Crippen molar-refractivity contribution in [1.82, 2.24) is 14.9 Å². The number of carbonyl (C=O) groups is 2. The average molecular weight is 382 g/mol. The first kappa shape index (κ1) is 18.2. The van der Waals surface area contributed by atoms with E-state index >= 15 is 0 Å². The molecule has 1 aromatic heterocycles.